The second-order valence-electron chi connectivity index (χ2n) is 6.96. The van der Waals surface area contributed by atoms with E-state index in [0.717, 1.165) is 9.13 Å². The summed E-state index contributed by atoms with van der Waals surface area (Å²) in [6, 6.07) is 0. The van der Waals surface area contributed by atoms with Gasteiger partial charge >= 0.3 is 11.7 Å². The number of carboxylic acids is 1. The number of aliphatic carboxylic acids is 1. The van der Waals surface area contributed by atoms with Gasteiger partial charge in [-0.25, -0.2) is 9.36 Å². The Labute approximate surface area is 150 Å². The maximum Gasteiger partial charge on any atom is 0.332 e. The number of carboxylic acid groups (broad SMARTS) is 1. The smallest absolute Gasteiger partial charge is 0.332 e. The number of hydrogen-bond acceptors (Lipinski definition) is 8. The SMILES string of the molecule is Nc1nc2c(c(=O)[nH]1)n(C[C@@H]1C[C@H]1C(=O)O)c(=O)n2[C@@H]1O[C@H](CO)C[C@H]1O. The molecule has 2 aromatic heterocycles. The van der Waals surface area contributed by atoms with E-state index in [2.05, 4.69) is 9.97 Å². The molecule has 2 fully saturated rings. The van der Waals surface area contributed by atoms with Crippen LogP contribution in [0, 0.1) is 11.8 Å². The zero-order valence-electron chi connectivity index (χ0n) is 14.1. The van der Waals surface area contributed by atoms with Gasteiger partial charge in [-0.3, -0.25) is 19.1 Å². The van der Waals surface area contributed by atoms with Crippen molar-refractivity contribution in [3.05, 3.63) is 20.8 Å². The van der Waals surface area contributed by atoms with Gasteiger partial charge in [0.1, 0.15) is 6.10 Å². The maximum absolute atomic E-state index is 13.0. The molecule has 1 aliphatic heterocycles. The number of nitrogen functional groups attached to an aromatic ring is 1. The molecule has 2 aliphatic rings. The average molecular weight is 381 g/mol. The van der Waals surface area contributed by atoms with Crippen LogP contribution in [0.15, 0.2) is 9.59 Å². The molecule has 1 saturated heterocycles. The topological polar surface area (TPSA) is 186 Å². The number of carbonyl (C=O) groups is 1. The summed E-state index contributed by atoms with van der Waals surface area (Å²) in [6.45, 7) is -0.306. The molecule has 0 radical (unpaired) electrons. The fourth-order valence-electron chi connectivity index (χ4n) is 3.66. The molecule has 1 aliphatic carbocycles. The Morgan fingerprint density at radius 3 is 2.70 bits per heavy atom. The predicted molar refractivity (Wildman–Crippen MR) is 89.9 cm³/mol. The number of aliphatic hydroxyl groups is 2. The summed E-state index contributed by atoms with van der Waals surface area (Å²) >= 11 is 0. The summed E-state index contributed by atoms with van der Waals surface area (Å²) in [6.07, 6.45) is -2.36. The second-order valence-corrected chi connectivity index (χ2v) is 6.96. The second kappa shape index (κ2) is 6.18. The van der Waals surface area contributed by atoms with Gasteiger partial charge in [0, 0.05) is 13.0 Å². The Kier molecular flexibility index (Phi) is 4.05. The van der Waals surface area contributed by atoms with E-state index in [4.69, 9.17) is 15.6 Å². The number of nitrogens with two attached hydrogens (primary N) is 1. The lowest BCUT2D eigenvalue weighted by Crippen LogP contribution is -2.32. The van der Waals surface area contributed by atoms with Crippen LogP contribution in [0.5, 0.6) is 0 Å². The number of rotatable bonds is 5. The van der Waals surface area contributed by atoms with Crippen molar-refractivity contribution in [2.24, 2.45) is 11.8 Å². The van der Waals surface area contributed by atoms with Crippen LogP contribution in [0.4, 0.5) is 5.95 Å². The van der Waals surface area contributed by atoms with Crippen molar-refractivity contribution in [1.82, 2.24) is 19.1 Å². The average Bonchev–Trinajstić information content (AvgIpc) is 3.20. The predicted octanol–water partition coefficient (Wildman–Crippen LogP) is -2.17. The first-order valence-electron chi connectivity index (χ1n) is 8.49. The lowest BCUT2D eigenvalue weighted by molar-refractivity contribution is -0.138. The van der Waals surface area contributed by atoms with E-state index in [-0.39, 0.29) is 42.6 Å². The number of anilines is 1. The molecule has 0 aromatic carbocycles. The minimum Gasteiger partial charge on any atom is -0.481 e. The van der Waals surface area contributed by atoms with Gasteiger partial charge in [-0.1, -0.05) is 0 Å². The summed E-state index contributed by atoms with van der Waals surface area (Å²) in [5, 5.41) is 28.6. The fraction of sp³-hybridized carbons (Fsp3) is 0.600. The molecule has 0 spiro atoms. The molecule has 12 nitrogen and oxygen atoms in total. The molecule has 0 unspecified atom stereocenters. The number of imidazole rings is 1. The largest absolute Gasteiger partial charge is 0.481 e. The minimum absolute atomic E-state index is 0.0280. The zero-order chi connectivity index (χ0) is 19.5. The molecule has 3 heterocycles. The summed E-state index contributed by atoms with van der Waals surface area (Å²) in [5.74, 6) is -2.01. The Bertz CT molecular complexity index is 1020. The van der Waals surface area contributed by atoms with Gasteiger partial charge in [0.15, 0.2) is 17.4 Å². The number of H-pyrrole nitrogens is 1. The van der Waals surface area contributed by atoms with Crippen LogP contribution in [0.3, 0.4) is 0 Å². The zero-order valence-corrected chi connectivity index (χ0v) is 14.1. The number of aromatic amines is 1. The number of hydrogen-bond donors (Lipinski definition) is 5. The van der Waals surface area contributed by atoms with Gasteiger partial charge in [0.05, 0.1) is 18.6 Å². The normalized spacial score (nSPS) is 30.1. The van der Waals surface area contributed by atoms with Crippen molar-refractivity contribution < 1.29 is 24.9 Å². The van der Waals surface area contributed by atoms with E-state index in [1.54, 1.807) is 0 Å². The molecule has 0 bridgehead atoms. The summed E-state index contributed by atoms with van der Waals surface area (Å²) in [7, 11) is 0. The highest BCUT2D eigenvalue weighted by molar-refractivity contribution is 5.74. The fourth-order valence-corrected chi connectivity index (χ4v) is 3.66. The Morgan fingerprint density at radius 2 is 2.11 bits per heavy atom. The van der Waals surface area contributed by atoms with Gasteiger partial charge in [0.25, 0.3) is 5.56 Å². The monoisotopic (exact) mass is 381 g/mol. The van der Waals surface area contributed by atoms with Crippen LogP contribution < -0.4 is 17.0 Å². The highest BCUT2D eigenvalue weighted by Crippen LogP contribution is 2.40. The molecule has 6 N–H and O–H groups in total. The Hall–Kier alpha value is -2.70. The van der Waals surface area contributed by atoms with Crippen molar-refractivity contribution in [2.75, 3.05) is 12.3 Å². The van der Waals surface area contributed by atoms with Gasteiger partial charge in [-0.05, 0) is 12.3 Å². The standard InChI is InChI=1S/C15H19N5O7/c16-14-17-10-9(11(23)18-14)19(3-5-1-7(5)13(24)25)15(26)20(10)12-8(22)2-6(4-21)27-12/h5-8,12,21-22H,1-4H2,(H,24,25)(H3,16,17,18,23)/t5-,6-,7+,8+,12+/m0/s1. The lowest BCUT2D eigenvalue weighted by Gasteiger charge is -2.15. The van der Waals surface area contributed by atoms with E-state index >= 15 is 0 Å². The van der Waals surface area contributed by atoms with Crippen LogP contribution in [0.25, 0.3) is 11.2 Å². The van der Waals surface area contributed by atoms with Crippen molar-refractivity contribution >= 4 is 23.1 Å². The van der Waals surface area contributed by atoms with Gasteiger partial charge in [0.2, 0.25) is 5.95 Å². The van der Waals surface area contributed by atoms with Crippen LogP contribution in [0.1, 0.15) is 19.1 Å². The van der Waals surface area contributed by atoms with E-state index < -0.39 is 41.6 Å². The van der Waals surface area contributed by atoms with Gasteiger partial charge in [-0.15, -0.1) is 0 Å². The molecule has 2 aromatic rings. The van der Waals surface area contributed by atoms with Crippen LogP contribution in [-0.2, 0) is 16.1 Å². The number of aromatic nitrogens is 4. The highest BCUT2D eigenvalue weighted by atomic mass is 16.5. The molecule has 5 atom stereocenters. The summed E-state index contributed by atoms with van der Waals surface area (Å²) in [4.78, 5) is 42.9. The number of nitrogens with one attached hydrogen (secondary N) is 1. The van der Waals surface area contributed by atoms with Crippen molar-refractivity contribution in [3.63, 3.8) is 0 Å². The molecule has 1 saturated carbocycles. The van der Waals surface area contributed by atoms with Crippen molar-refractivity contribution in [2.45, 2.75) is 37.8 Å². The molecule has 27 heavy (non-hydrogen) atoms. The van der Waals surface area contributed by atoms with Crippen LogP contribution in [0.2, 0.25) is 0 Å². The first-order valence-corrected chi connectivity index (χ1v) is 8.49. The Morgan fingerprint density at radius 1 is 1.37 bits per heavy atom. The molecule has 0 amide bonds. The summed E-state index contributed by atoms with van der Waals surface area (Å²) in [5.41, 5.74) is 4.18. The van der Waals surface area contributed by atoms with Gasteiger partial charge < -0.3 is 25.8 Å². The molecule has 12 heteroatoms. The van der Waals surface area contributed by atoms with E-state index in [1.807, 2.05) is 0 Å². The number of nitrogens with zero attached hydrogens (tertiary/aromatic N) is 3. The van der Waals surface area contributed by atoms with E-state index in [9.17, 15) is 24.6 Å². The lowest BCUT2D eigenvalue weighted by atomic mass is 10.2. The third kappa shape index (κ3) is 2.81. The number of fused-ring (bicyclic) bond motifs is 1. The van der Waals surface area contributed by atoms with Crippen molar-refractivity contribution in [1.29, 1.82) is 0 Å². The quantitative estimate of drug-likeness (QED) is 0.384. The first-order chi connectivity index (χ1) is 12.8. The molecular weight excluding hydrogens is 362 g/mol. The van der Waals surface area contributed by atoms with Crippen LogP contribution in [-0.4, -0.2) is 59.2 Å². The van der Waals surface area contributed by atoms with Crippen molar-refractivity contribution in [3.8, 4) is 0 Å². The number of ether oxygens (including phenoxy) is 1. The van der Waals surface area contributed by atoms with Gasteiger partial charge in [-0.2, -0.15) is 4.98 Å². The summed E-state index contributed by atoms with van der Waals surface area (Å²) < 4.78 is 7.72. The Balaban J connectivity index is 1.85. The third-order valence-electron chi connectivity index (χ3n) is 5.11. The van der Waals surface area contributed by atoms with E-state index in [0.29, 0.717) is 6.42 Å². The third-order valence-corrected chi connectivity index (χ3v) is 5.11. The van der Waals surface area contributed by atoms with E-state index in [1.165, 1.54) is 0 Å². The molecule has 4 rings (SSSR count). The minimum atomic E-state index is -1.14. The first kappa shape index (κ1) is 17.7. The molecular formula is C15H19N5O7. The maximum atomic E-state index is 13.0. The van der Waals surface area contributed by atoms with Crippen LogP contribution >= 0.6 is 0 Å². The highest BCUT2D eigenvalue weighted by Gasteiger charge is 2.45. The number of aliphatic hydroxyl groups excluding tert-OH is 2. The molecule has 146 valence electrons.